The molecule has 154 valence electrons. The van der Waals surface area contributed by atoms with Crippen molar-refractivity contribution >= 4 is 5.91 Å². The van der Waals surface area contributed by atoms with E-state index in [1.54, 1.807) is 0 Å². The summed E-state index contributed by atoms with van der Waals surface area (Å²) in [6.07, 6.45) is 2.01. The van der Waals surface area contributed by atoms with Gasteiger partial charge >= 0.3 is 0 Å². The van der Waals surface area contributed by atoms with E-state index < -0.39 is 0 Å². The van der Waals surface area contributed by atoms with Crippen molar-refractivity contribution in [3.8, 4) is 0 Å². The summed E-state index contributed by atoms with van der Waals surface area (Å²) in [4.78, 5) is 18.1. The van der Waals surface area contributed by atoms with Crippen molar-refractivity contribution in [2.45, 2.75) is 44.9 Å². The fourth-order valence-corrected chi connectivity index (χ4v) is 4.57. The summed E-state index contributed by atoms with van der Waals surface area (Å²) in [6, 6.07) is 20.8. The van der Waals surface area contributed by atoms with Crippen LogP contribution in [0.2, 0.25) is 0 Å². The molecule has 2 aliphatic rings. The molecule has 0 spiro atoms. The average molecular weight is 393 g/mol. The predicted octanol–water partition coefficient (Wildman–Crippen LogP) is 4.28. The first-order valence-corrected chi connectivity index (χ1v) is 10.8. The second kappa shape index (κ2) is 8.68. The monoisotopic (exact) mass is 392 g/mol. The molecular weight excluding hydrogens is 360 g/mol. The van der Waals surface area contributed by atoms with Crippen LogP contribution >= 0.6 is 0 Å². The maximum Gasteiger partial charge on any atom is 0.227 e. The largest absolute Gasteiger partial charge is 0.369 e. The van der Waals surface area contributed by atoms with E-state index >= 15 is 0 Å². The van der Waals surface area contributed by atoms with Crippen molar-refractivity contribution in [3.63, 3.8) is 0 Å². The van der Waals surface area contributed by atoms with Crippen LogP contribution in [0.25, 0.3) is 0 Å². The number of benzene rings is 2. The van der Waals surface area contributed by atoms with Gasteiger partial charge in [-0.15, -0.1) is 0 Å². The number of carbonyl (C=O) groups is 1. The van der Waals surface area contributed by atoms with Gasteiger partial charge in [0.1, 0.15) is 6.10 Å². The van der Waals surface area contributed by atoms with Crippen LogP contribution in [0.1, 0.15) is 43.9 Å². The summed E-state index contributed by atoms with van der Waals surface area (Å²) in [5.74, 6) is 0.359. The molecule has 0 aliphatic carbocycles. The van der Waals surface area contributed by atoms with E-state index in [4.69, 9.17) is 4.74 Å². The molecule has 2 unspecified atom stereocenters. The second-order valence-corrected chi connectivity index (χ2v) is 9.03. The Morgan fingerprint density at radius 3 is 2.45 bits per heavy atom. The Bertz CT molecular complexity index is 806. The Balaban J connectivity index is 1.44. The van der Waals surface area contributed by atoms with Crippen molar-refractivity contribution in [2.24, 2.45) is 5.92 Å². The minimum absolute atomic E-state index is 0.0443. The molecule has 4 nitrogen and oxygen atoms in total. The molecule has 1 amide bonds. The van der Waals surface area contributed by atoms with E-state index in [-0.39, 0.29) is 23.5 Å². The smallest absolute Gasteiger partial charge is 0.227 e. The molecule has 2 aromatic rings. The standard InChI is InChI=1S/C25H32N2O2/c1-25(2)19-29-23(21-12-7-4-8-13-21)18-27(25)24(28)22-14-9-15-26(17-22)16-20-10-5-3-6-11-20/h3-8,10-13,22-23H,9,14-19H2,1-2H3. The maximum absolute atomic E-state index is 13.6. The van der Waals surface area contributed by atoms with Gasteiger partial charge in [-0.1, -0.05) is 60.7 Å². The van der Waals surface area contributed by atoms with Gasteiger partial charge in [-0.25, -0.2) is 0 Å². The molecule has 2 aliphatic heterocycles. The van der Waals surface area contributed by atoms with Crippen LogP contribution in [0.4, 0.5) is 0 Å². The Hall–Kier alpha value is -2.17. The highest BCUT2D eigenvalue weighted by molar-refractivity contribution is 5.80. The predicted molar refractivity (Wildman–Crippen MR) is 115 cm³/mol. The topological polar surface area (TPSA) is 32.8 Å². The van der Waals surface area contributed by atoms with Gasteiger partial charge in [0.2, 0.25) is 5.91 Å². The third-order valence-electron chi connectivity index (χ3n) is 6.26. The molecule has 2 atom stereocenters. The van der Waals surface area contributed by atoms with Crippen molar-refractivity contribution in [1.29, 1.82) is 0 Å². The minimum Gasteiger partial charge on any atom is -0.369 e. The number of morpholine rings is 1. The van der Waals surface area contributed by atoms with E-state index in [0.29, 0.717) is 13.2 Å². The molecule has 29 heavy (non-hydrogen) atoms. The molecule has 0 bridgehead atoms. The van der Waals surface area contributed by atoms with E-state index in [9.17, 15) is 4.79 Å². The molecular formula is C25H32N2O2. The molecule has 0 N–H and O–H groups in total. The summed E-state index contributed by atoms with van der Waals surface area (Å²) >= 11 is 0. The number of carbonyl (C=O) groups excluding carboxylic acids is 1. The van der Waals surface area contributed by atoms with E-state index in [0.717, 1.165) is 38.0 Å². The molecule has 4 heteroatoms. The second-order valence-electron chi connectivity index (χ2n) is 9.03. The first kappa shape index (κ1) is 20.1. The lowest BCUT2D eigenvalue weighted by molar-refractivity contribution is -0.160. The molecule has 4 rings (SSSR count). The molecule has 0 radical (unpaired) electrons. The highest BCUT2D eigenvalue weighted by Crippen LogP contribution is 2.33. The lowest BCUT2D eigenvalue weighted by atomic mass is 9.91. The first-order chi connectivity index (χ1) is 14.0. The van der Waals surface area contributed by atoms with Gasteiger partial charge in [0.05, 0.1) is 24.6 Å². The zero-order chi connectivity index (χ0) is 20.3. The molecule has 2 saturated heterocycles. The normalized spacial score (nSPS) is 25.0. The van der Waals surface area contributed by atoms with E-state index in [1.807, 2.05) is 18.2 Å². The van der Waals surface area contributed by atoms with Crippen molar-refractivity contribution < 1.29 is 9.53 Å². The van der Waals surface area contributed by atoms with Crippen LogP contribution in [-0.4, -0.2) is 47.5 Å². The van der Waals surface area contributed by atoms with Crippen LogP contribution < -0.4 is 0 Å². The van der Waals surface area contributed by atoms with Gasteiger partial charge in [-0.3, -0.25) is 9.69 Å². The summed E-state index contributed by atoms with van der Waals surface area (Å²) in [5, 5.41) is 0. The van der Waals surface area contributed by atoms with Crippen LogP contribution in [0.3, 0.4) is 0 Å². The van der Waals surface area contributed by atoms with Crippen LogP contribution in [0.15, 0.2) is 60.7 Å². The molecule has 0 aromatic heterocycles. The SMILES string of the molecule is CC1(C)COC(c2ccccc2)CN1C(=O)C1CCCN(Cc2ccccc2)C1. The third kappa shape index (κ3) is 4.71. The highest BCUT2D eigenvalue weighted by atomic mass is 16.5. The lowest BCUT2D eigenvalue weighted by Crippen LogP contribution is -2.59. The maximum atomic E-state index is 13.6. The van der Waals surface area contributed by atoms with Gasteiger partial charge in [-0.2, -0.15) is 0 Å². The van der Waals surface area contributed by atoms with Crippen molar-refractivity contribution in [3.05, 3.63) is 71.8 Å². The number of nitrogens with zero attached hydrogens (tertiary/aromatic N) is 2. The first-order valence-electron chi connectivity index (χ1n) is 10.8. The number of hydrogen-bond acceptors (Lipinski definition) is 3. The van der Waals surface area contributed by atoms with Gasteiger partial charge in [0.15, 0.2) is 0 Å². The number of piperidine rings is 1. The Morgan fingerprint density at radius 2 is 1.72 bits per heavy atom. The highest BCUT2D eigenvalue weighted by Gasteiger charge is 2.41. The lowest BCUT2D eigenvalue weighted by Gasteiger charge is -2.47. The minimum atomic E-state index is -0.274. The summed E-state index contributed by atoms with van der Waals surface area (Å²) in [6.45, 7) is 8.27. The number of hydrogen-bond donors (Lipinski definition) is 0. The molecule has 0 saturated carbocycles. The number of amides is 1. The average Bonchev–Trinajstić information content (AvgIpc) is 2.75. The quantitative estimate of drug-likeness (QED) is 0.779. The number of ether oxygens (including phenoxy) is 1. The van der Waals surface area contributed by atoms with Crippen LogP contribution in [0, 0.1) is 5.92 Å². The Morgan fingerprint density at radius 1 is 1.03 bits per heavy atom. The fourth-order valence-electron chi connectivity index (χ4n) is 4.57. The number of rotatable bonds is 4. The molecule has 2 heterocycles. The Kier molecular flexibility index (Phi) is 6.02. The summed E-state index contributed by atoms with van der Waals surface area (Å²) in [7, 11) is 0. The van der Waals surface area contributed by atoms with Crippen molar-refractivity contribution in [1.82, 2.24) is 9.80 Å². The van der Waals surface area contributed by atoms with E-state index in [1.165, 1.54) is 5.56 Å². The van der Waals surface area contributed by atoms with Gasteiger partial charge in [0, 0.05) is 13.1 Å². The van der Waals surface area contributed by atoms with Gasteiger partial charge < -0.3 is 9.64 Å². The summed E-state index contributed by atoms with van der Waals surface area (Å²) < 4.78 is 6.14. The Labute approximate surface area is 174 Å². The third-order valence-corrected chi connectivity index (χ3v) is 6.26. The molecule has 2 aromatic carbocycles. The fraction of sp³-hybridized carbons (Fsp3) is 0.480. The van der Waals surface area contributed by atoms with Crippen LogP contribution in [0.5, 0.6) is 0 Å². The molecule has 2 fully saturated rings. The van der Waals surface area contributed by atoms with Gasteiger partial charge in [0.25, 0.3) is 0 Å². The van der Waals surface area contributed by atoms with E-state index in [2.05, 4.69) is 66.1 Å². The zero-order valence-electron chi connectivity index (χ0n) is 17.6. The number of likely N-dealkylation sites (tertiary alicyclic amines) is 1. The summed E-state index contributed by atoms with van der Waals surface area (Å²) in [5.41, 5.74) is 2.19. The zero-order valence-corrected chi connectivity index (χ0v) is 17.6. The van der Waals surface area contributed by atoms with Gasteiger partial charge in [-0.05, 0) is 44.4 Å². The van der Waals surface area contributed by atoms with Crippen molar-refractivity contribution in [2.75, 3.05) is 26.2 Å². The van der Waals surface area contributed by atoms with Crippen LogP contribution in [-0.2, 0) is 16.1 Å².